The van der Waals surface area contributed by atoms with E-state index in [0.717, 1.165) is 23.8 Å². The predicted octanol–water partition coefficient (Wildman–Crippen LogP) is 3.21. The zero-order chi connectivity index (χ0) is 12.1. The van der Waals surface area contributed by atoms with E-state index in [-0.39, 0.29) is 0 Å². The molecular formula is C12H21ClN2S. The van der Waals surface area contributed by atoms with Gasteiger partial charge in [-0.15, -0.1) is 11.3 Å². The van der Waals surface area contributed by atoms with Gasteiger partial charge in [0.25, 0.3) is 0 Å². The van der Waals surface area contributed by atoms with Gasteiger partial charge in [0.2, 0.25) is 0 Å². The number of thiophene rings is 1. The summed E-state index contributed by atoms with van der Waals surface area (Å²) in [4.78, 5) is 3.61. The molecule has 1 heterocycles. The van der Waals surface area contributed by atoms with Gasteiger partial charge >= 0.3 is 0 Å². The maximum Gasteiger partial charge on any atom is 0.0931 e. The van der Waals surface area contributed by atoms with Crippen molar-refractivity contribution in [3.8, 4) is 0 Å². The van der Waals surface area contributed by atoms with Crippen LogP contribution in [0.15, 0.2) is 12.1 Å². The highest BCUT2D eigenvalue weighted by Gasteiger charge is 2.09. The standard InChI is InChI=1S/C12H21ClN2S/c1-9(2)11(14)6-7-15(3)8-10-4-5-12(13)16-10/h4-5,9,11H,6-8,14H2,1-3H3. The predicted molar refractivity (Wildman–Crippen MR) is 73.1 cm³/mol. The van der Waals surface area contributed by atoms with Crippen LogP contribution in [0.1, 0.15) is 25.1 Å². The molecule has 0 spiro atoms. The highest BCUT2D eigenvalue weighted by Crippen LogP contribution is 2.22. The second-order valence-corrected chi connectivity index (χ2v) is 6.44. The maximum atomic E-state index is 6.02. The number of rotatable bonds is 6. The van der Waals surface area contributed by atoms with E-state index >= 15 is 0 Å². The molecule has 0 amide bonds. The van der Waals surface area contributed by atoms with Gasteiger partial charge in [-0.3, -0.25) is 0 Å². The summed E-state index contributed by atoms with van der Waals surface area (Å²) in [7, 11) is 2.13. The first kappa shape index (κ1) is 14.0. The molecule has 0 aliphatic carbocycles. The Morgan fingerprint density at radius 3 is 2.62 bits per heavy atom. The minimum atomic E-state index is 0.300. The number of hydrogen-bond acceptors (Lipinski definition) is 3. The molecule has 1 atom stereocenters. The Hall–Kier alpha value is -0.0900. The number of nitrogens with two attached hydrogens (primary N) is 1. The summed E-state index contributed by atoms with van der Waals surface area (Å²) in [6, 6.07) is 4.34. The number of hydrogen-bond donors (Lipinski definition) is 1. The molecule has 1 unspecified atom stereocenters. The molecule has 1 aromatic rings. The van der Waals surface area contributed by atoms with Gasteiger partial charge in [0.1, 0.15) is 0 Å². The van der Waals surface area contributed by atoms with Crippen LogP contribution in [0.3, 0.4) is 0 Å². The Bertz CT molecular complexity index is 312. The zero-order valence-corrected chi connectivity index (χ0v) is 11.8. The highest BCUT2D eigenvalue weighted by molar-refractivity contribution is 7.16. The molecule has 0 fully saturated rings. The molecule has 2 N–H and O–H groups in total. The van der Waals surface area contributed by atoms with Crippen molar-refractivity contribution >= 4 is 22.9 Å². The molecule has 2 nitrogen and oxygen atoms in total. The topological polar surface area (TPSA) is 29.3 Å². The van der Waals surface area contributed by atoms with E-state index in [1.54, 1.807) is 11.3 Å². The Labute approximate surface area is 107 Å². The normalized spacial score (nSPS) is 13.7. The fraction of sp³-hybridized carbons (Fsp3) is 0.667. The van der Waals surface area contributed by atoms with Gasteiger partial charge in [-0.25, -0.2) is 0 Å². The van der Waals surface area contributed by atoms with Crippen molar-refractivity contribution in [2.45, 2.75) is 32.9 Å². The SMILES string of the molecule is CC(C)C(N)CCN(C)Cc1ccc(Cl)s1. The molecule has 92 valence electrons. The molecular weight excluding hydrogens is 240 g/mol. The Balaban J connectivity index is 2.28. The van der Waals surface area contributed by atoms with Crippen LogP contribution in [0, 0.1) is 5.92 Å². The van der Waals surface area contributed by atoms with Gasteiger partial charge in [0.15, 0.2) is 0 Å². The molecule has 0 aromatic carbocycles. The van der Waals surface area contributed by atoms with Gasteiger partial charge < -0.3 is 10.6 Å². The van der Waals surface area contributed by atoms with Gasteiger partial charge in [-0.05, 0) is 38.1 Å². The van der Waals surface area contributed by atoms with Crippen LogP contribution in [0.5, 0.6) is 0 Å². The first-order valence-electron chi connectivity index (χ1n) is 5.67. The molecule has 16 heavy (non-hydrogen) atoms. The summed E-state index contributed by atoms with van der Waals surface area (Å²) in [5.41, 5.74) is 6.02. The smallest absolute Gasteiger partial charge is 0.0931 e. The molecule has 0 saturated carbocycles. The Kier molecular flexibility index (Phi) is 5.76. The molecule has 0 radical (unpaired) electrons. The van der Waals surface area contributed by atoms with Crippen LogP contribution < -0.4 is 5.73 Å². The quantitative estimate of drug-likeness (QED) is 0.851. The van der Waals surface area contributed by atoms with Crippen molar-refractivity contribution in [2.24, 2.45) is 11.7 Å². The lowest BCUT2D eigenvalue weighted by Gasteiger charge is -2.20. The summed E-state index contributed by atoms with van der Waals surface area (Å²) in [5, 5.41) is 0. The minimum absolute atomic E-state index is 0.300. The third-order valence-electron chi connectivity index (χ3n) is 2.76. The number of halogens is 1. The lowest BCUT2D eigenvalue weighted by atomic mass is 10.0. The molecule has 0 bridgehead atoms. The maximum absolute atomic E-state index is 6.02. The van der Waals surface area contributed by atoms with Crippen LogP contribution in [0.4, 0.5) is 0 Å². The molecule has 0 aliphatic rings. The van der Waals surface area contributed by atoms with E-state index in [2.05, 4.69) is 31.9 Å². The van der Waals surface area contributed by atoms with Crippen LogP contribution in [-0.2, 0) is 6.54 Å². The monoisotopic (exact) mass is 260 g/mol. The van der Waals surface area contributed by atoms with Crippen LogP contribution in [0.25, 0.3) is 0 Å². The van der Waals surface area contributed by atoms with Crippen molar-refractivity contribution in [3.63, 3.8) is 0 Å². The largest absolute Gasteiger partial charge is 0.327 e. The lowest BCUT2D eigenvalue weighted by molar-refractivity contribution is 0.298. The molecule has 1 rings (SSSR count). The average Bonchev–Trinajstić information content (AvgIpc) is 2.60. The third kappa shape index (κ3) is 4.83. The van der Waals surface area contributed by atoms with Crippen molar-refractivity contribution in [3.05, 3.63) is 21.3 Å². The lowest BCUT2D eigenvalue weighted by Crippen LogP contribution is -2.31. The summed E-state index contributed by atoms with van der Waals surface area (Å²) in [6.45, 7) is 6.34. The first-order valence-corrected chi connectivity index (χ1v) is 6.87. The van der Waals surface area contributed by atoms with Crippen molar-refractivity contribution < 1.29 is 0 Å². The van der Waals surface area contributed by atoms with E-state index in [1.165, 1.54) is 4.88 Å². The van der Waals surface area contributed by atoms with Gasteiger partial charge in [0.05, 0.1) is 4.34 Å². The van der Waals surface area contributed by atoms with Gasteiger partial charge in [-0.2, -0.15) is 0 Å². The van der Waals surface area contributed by atoms with Gasteiger partial charge in [0, 0.05) is 17.5 Å². The second-order valence-electron chi connectivity index (χ2n) is 4.64. The van der Waals surface area contributed by atoms with Crippen molar-refractivity contribution in [2.75, 3.05) is 13.6 Å². The summed E-state index contributed by atoms with van der Waals surface area (Å²) >= 11 is 7.54. The molecule has 1 aromatic heterocycles. The van der Waals surface area contributed by atoms with E-state index < -0.39 is 0 Å². The van der Waals surface area contributed by atoms with Crippen molar-refractivity contribution in [1.82, 2.24) is 4.90 Å². The fourth-order valence-electron chi connectivity index (χ4n) is 1.48. The van der Waals surface area contributed by atoms with E-state index in [4.69, 9.17) is 17.3 Å². The second kappa shape index (κ2) is 6.60. The van der Waals surface area contributed by atoms with E-state index in [1.807, 2.05) is 6.07 Å². The van der Waals surface area contributed by atoms with Crippen LogP contribution >= 0.6 is 22.9 Å². The van der Waals surface area contributed by atoms with Crippen LogP contribution in [-0.4, -0.2) is 24.5 Å². The Morgan fingerprint density at radius 2 is 2.12 bits per heavy atom. The first-order chi connectivity index (χ1) is 7.49. The summed E-state index contributed by atoms with van der Waals surface area (Å²) in [5.74, 6) is 0.560. The zero-order valence-electron chi connectivity index (χ0n) is 10.2. The third-order valence-corrected chi connectivity index (χ3v) is 3.97. The summed E-state index contributed by atoms with van der Waals surface area (Å²) < 4.78 is 0.863. The molecule has 4 heteroatoms. The minimum Gasteiger partial charge on any atom is -0.327 e. The molecule has 0 saturated heterocycles. The molecule has 0 aliphatic heterocycles. The highest BCUT2D eigenvalue weighted by atomic mass is 35.5. The average molecular weight is 261 g/mol. The Morgan fingerprint density at radius 1 is 1.44 bits per heavy atom. The van der Waals surface area contributed by atoms with Crippen LogP contribution in [0.2, 0.25) is 4.34 Å². The van der Waals surface area contributed by atoms with E-state index in [0.29, 0.717) is 12.0 Å². The van der Waals surface area contributed by atoms with Gasteiger partial charge in [-0.1, -0.05) is 25.4 Å². The summed E-state index contributed by atoms with van der Waals surface area (Å²) in [6.07, 6.45) is 1.05. The van der Waals surface area contributed by atoms with Crippen molar-refractivity contribution in [1.29, 1.82) is 0 Å². The van der Waals surface area contributed by atoms with E-state index in [9.17, 15) is 0 Å². The number of nitrogens with zero attached hydrogens (tertiary/aromatic N) is 1. The fourth-order valence-corrected chi connectivity index (χ4v) is 2.65.